The highest BCUT2D eigenvalue weighted by atomic mass is 35.5. The molecule has 0 radical (unpaired) electrons. The fourth-order valence-electron chi connectivity index (χ4n) is 5.60. The van der Waals surface area contributed by atoms with E-state index in [4.69, 9.17) is 16.3 Å². The Morgan fingerprint density at radius 1 is 1.07 bits per heavy atom. The summed E-state index contributed by atoms with van der Waals surface area (Å²) in [7, 11) is 3.26. The van der Waals surface area contributed by atoms with Crippen LogP contribution in [0, 0.1) is 18.6 Å². The van der Waals surface area contributed by atoms with Gasteiger partial charge in [-0.15, -0.1) is 0 Å². The number of nitrogens with zero attached hydrogens (tertiary/aromatic N) is 3. The van der Waals surface area contributed by atoms with Crippen LogP contribution in [0.15, 0.2) is 53.5 Å². The SMILES string of the molecule is COc1cc(F)c([C@@H]2CN(c3c(C)ccn(C4CCN(C)C4)c3=O)C(=O)[C@H]2NC(=O)c2ccc(Cl)cc2)c(F)c1. The minimum Gasteiger partial charge on any atom is -0.497 e. The van der Waals surface area contributed by atoms with Crippen molar-refractivity contribution in [2.45, 2.75) is 31.3 Å². The lowest BCUT2D eigenvalue weighted by atomic mass is 9.92. The number of carbonyl (C=O) groups excluding carboxylic acids is 2. The minimum absolute atomic E-state index is 0.0231. The Kier molecular flexibility index (Phi) is 7.65. The zero-order valence-electron chi connectivity index (χ0n) is 22.3. The van der Waals surface area contributed by atoms with E-state index >= 15 is 8.78 Å². The Balaban J connectivity index is 1.57. The van der Waals surface area contributed by atoms with Gasteiger partial charge in [-0.25, -0.2) is 8.78 Å². The molecule has 3 aromatic rings. The number of ether oxygens (including phenoxy) is 1. The molecule has 210 valence electrons. The predicted molar refractivity (Wildman–Crippen MR) is 147 cm³/mol. The predicted octanol–water partition coefficient (Wildman–Crippen LogP) is 3.90. The highest BCUT2D eigenvalue weighted by Crippen LogP contribution is 2.37. The van der Waals surface area contributed by atoms with E-state index in [1.54, 1.807) is 23.8 Å². The molecule has 0 saturated carbocycles. The second kappa shape index (κ2) is 11.0. The number of aryl methyl sites for hydroxylation is 1. The van der Waals surface area contributed by atoms with Crippen molar-refractivity contribution in [2.75, 3.05) is 38.7 Å². The number of pyridine rings is 1. The third-order valence-electron chi connectivity index (χ3n) is 7.69. The van der Waals surface area contributed by atoms with Crippen LogP contribution in [0.5, 0.6) is 5.75 Å². The Hall–Kier alpha value is -3.76. The van der Waals surface area contributed by atoms with E-state index in [1.165, 1.54) is 36.3 Å². The first-order chi connectivity index (χ1) is 19.1. The highest BCUT2D eigenvalue weighted by molar-refractivity contribution is 6.30. The number of carbonyl (C=O) groups is 2. The van der Waals surface area contributed by atoms with Gasteiger partial charge in [0.15, 0.2) is 0 Å². The zero-order chi connectivity index (χ0) is 28.7. The van der Waals surface area contributed by atoms with E-state index in [2.05, 4.69) is 10.2 Å². The van der Waals surface area contributed by atoms with E-state index in [-0.39, 0.29) is 40.7 Å². The van der Waals surface area contributed by atoms with Crippen LogP contribution in [0.4, 0.5) is 14.5 Å². The summed E-state index contributed by atoms with van der Waals surface area (Å²) in [4.78, 5) is 44.2. The molecule has 2 aliphatic heterocycles. The zero-order valence-corrected chi connectivity index (χ0v) is 23.0. The van der Waals surface area contributed by atoms with Crippen molar-refractivity contribution in [1.29, 1.82) is 0 Å². The normalized spacial score (nSPS) is 21.2. The lowest BCUT2D eigenvalue weighted by molar-refractivity contribution is -0.118. The number of likely N-dealkylation sites (tertiary alicyclic amines) is 1. The van der Waals surface area contributed by atoms with Gasteiger partial charge in [0.1, 0.15) is 29.1 Å². The topological polar surface area (TPSA) is 83.9 Å². The molecule has 2 aliphatic rings. The molecule has 3 heterocycles. The first-order valence-electron chi connectivity index (χ1n) is 12.9. The third-order valence-corrected chi connectivity index (χ3v) is 7.94. The molecule has 40 heavy (non-hydrogen) atoms. The van der Waals surface area contributed by atoms with Gasteiger partial charge < -0.3 is 24.4 Å². The summed E-state index contributed by atoms with van der Waals surface area (Å²) in [5, 5.41) is 3.08. The van der Waals surface area contributed by atoms with Gasteiger partial charge in [0.05, 0.1) is 13.2 Å². The first-order valence-corrected chi connectivity index (χ1v) is 13.3. The monoisotopic (exact) mass is 570 g/mol. The lowest BCUT2D eigenvalue weighted by Crippen LogP contribution is -2.45. The molecule has 2 saturated heterocycles. The highest BCUT2D eigenvalue weighted by Gasteiger charge is 2.46. The number of rotatable bonds is 6. The van der Waals surface area contributed by atoms with Crippen molar-refractivity contribution in [3.63, 3.8) is 0 Å². The molecular formula is C29H29ClF2N4O4. The van der Waals surface area contributed by atoms with Crippen molar-refractivity contribution >= 4 is 29.1 Å². The van der Waals surface area contributed by atoms with Gasteiger partial charge in [-0.05, 0) is 62.8 Å². The van der Waals surface area contributed by atoms with Gasteiger partial charge in [0, 0.05) is 53.5 Å². The van der Waals surface area contributed by atoms with E-state index in [9.17, 15) is 14.4 Å². The molecule has 2 amide bonds. The smallest absolute Gasteiger partial charge is 0.275 e. The Morgan fingerprint density at radius 3 is 2.35 bits per heavy atom. The maximum absolute atomic E-state index is 15.3. The van der Waals surface area contributed by atoms with Crippen LogP contribution in [0.3, 0.4) is 0 Å². The summed E-state index contributed by atoms with van der Waals surface area (Å²) < 4.78 is 37.2. The van der Waals surface area contributed by atoms with Crippen molar-refractivity contribution in [3.8, 4) is 5.75 Å². The van der Waals surface area contributed by atoms with Crippen LogP contribution in [-0.2, 0) is 4.79 Å². The van der Waals surface area contributed by atoms with E-state index in [0.717, 1.165) is 25.1 Å². The average Bonchev–Trinajstić information content (AvgIpc) is 3.47. The fraction of sp³-hybridized carbons (Fsp3) is 0.345. The van der Waals surface area contributed by atoms with Crippen molar-refractivity contribution in [2.24, 2.45) is 0 Å². The molecule has 2 aromatic carbocycles. The summed E-state index contributed by atoms with van der Waals surface area (Å²) in [6, 6.07) is 8.42. The summed E-state index contributed by atoms with van der Waals surface area (Å²) in [5.74, 6) is -4.24. The second-order valence-electron chi connectivity index (χ2n) is 10.3. The van der Waals surface area contributed by atoms with Gasteiger partial charge >= 0.3 is 0 Å². The van der Waals surface area contributed by atoms with Gasteiger partial charge in [0.2, 0.25) is 5.91 Å². The molecule has 0 bridgehead atoms. The maximum atomic E-state index is 15.3. The fourth-order valence-corrected chi connectivity index (χ4v) is 5.72. The van der Waals surface area contributed by atoms with Crippen LogP contribution in [0.2, 0.25) is 5.02 Å². The average molecular weight is 571 g/mol. The first kappa shape index (κ1) is 27.8. The molecule has 2 fully saturated rings. The summed E-state index contributed by atoms with van der Waals surface area (Å²) in [6.07, 6.45) is 2.49. The van der Waals surface area contributed by atoms with Crippen molar-refractivity contribution in [1.82, 2.24) is 14.8 Å². The van der Waals surface area contributed by atoms with Crippen LogP contribution in [0.1, 0.15) is 39.9 Å². The van der Waals surface area contributed by atoms with E-state index < -0.39 is 35.4 Å². The summed E-state index contributed by atoms with van der Waals surface area (Å²) in [5.41, 5.74) is 0.149. The molecular weight excluding hydrogens is 542 g/mol. The van der Waals surface area contributed by atoms with Crippen LogP contribution >= 0.6 is 11.6 Å². The number of anilines is 1. The minimum atomic E-state index is -1.34. The molecule has 0 spiro atoms. The molecule has 11 heteroatoms. The number of hydrogen-bond donors (Lipinski definition) is 1. The number of halogens is 3. The number of amides is 2. The molecule has 1 unspecified atom stereocenters. The Labute approximate surface area is 235 Å². The maximum Gasteiger partial charge on any atom is 0.275 e. The number of likely N-dealkylation sites (N-methyl/N-ethyl adjacent to an activating group) is 1. The molecule has 1 N–H and O–H groups in total. The van der Waals surface area contributed by atoms with Crippen LogP contribution in [-0.4, -0.2) is 61.1 Å². The molecule has 1 aromatic heterocycles. The van der Waals surface area contributed by atoms with Crippen LogP contribution < -0.4 is 20.5 Å². The van der Waals surface area contributed by atoms with Crippen molar-refractivity contribution in [3.05, 3.63) is 92.4 Å². The van der Waals surface area contributed by atoms with E-state index in [0.29, 0.717) is 17.1 Å². The van der Waals surface area contributed by atoms with Gasteiger partial charge in [0.25, 0.3) is 11.5 Å². The Bertz CT molecular complexity index is 1500. The standard InChI is InChI=1S/C29H29ClF2N4O4/c1-16-8-11-35(19-9-10-34(2)14-19)29(39)26(16)36-15-21(24-22(31)12-20(40-3)13-23(24)32)25(28(36)38)33-27(37)17-4-6-18(30)7-5-17/h4-8,11-13,19,21,25H,9-10,14-15H2,1-3H3,(H,33,37)/t19?,21-,25-/m0/s1. The second-order valence-corrected chi connectivity index (χ2v) is 10.7. The third kappa shape index (κ3) is 5.09. The molecule has 3 atom stereocenters. The number of hydrogen-bond acceptors (Lipinski definition) is 5. The molecule has 5 rings (SSSR count). The summed E-state index contributed by atoms with van der Waals surface area (Å²) >= 11 is 5.94. The quantitative estimate of drug-likeness (QED) is 0.486. The van der Waals surface area contributed by atoms with Crippen LogP contribution in [0.25, 0.3) is 0 Å². The van der Waals surface area contributed by atoms with E-state index in [1.807, 2.05) is 7.05 Å². The van der Waals surface area contributed by atoms with Gasteiger partial charge in [-0.1, -0.05) is 11.6 Å². The number of benzene rings is 2. The lowest BCUT2D eigenvalue weighted by Gasteiger charge is -2.22. The molecule has 8 nitrogen and oxygen atoms in total. The number of methoxy groups -OCH3 is 1. The largest absolute Gasteiger partial charge is 0.497 e. The summed E-state index contributed by atoms with van der Waals surface area (Å²) in [6.45, 7) is 3.01. The van der Waals surface area contributed by atoms with Gasteiger partial charge in [-0.2, -0.15) is 0 Å². The Morgan fingerprint density at radius 2 is 1.75 bits per heavy atom. The van der Waals surface area contributed by atoms with Gasteiger partial charge in [-0.3, -0.25) is 14.4 Å². The number of nitrogens with one attached hydrogen (secondary N) is 1. The van der Waals surface area contributed by atoms with Crippen molar-refractivity contribution < 1.29 is 23.1 Å². The molecule has 0 aliphatic carbocycles. The number of aromatic nitrogens is 1.